The molecule has 0 bridgehead atoms. The number of anilines is 1. The van der Waals surface area contributed by atoms with Crippen molar-refractivity contribution in [2.75, 3.05) is 18.6 Å². The van der Waals surface area contributed by atoms with Gasteiger partial charge in [0.15, 0.2) is 17.2 Å². The van der Waals surface area contributed by atoms with E-state index < -0.39 is 51.7 Å². The minimum absolute atomic E-state index is 0.186. The zero-order chi connectivity index (χ0) is 21.7. The fourth-order valence-corrected chi connectivity index (χ4v) is 3.84. The number of ether oxygens (including phenoxy) is 1. The van der Waals surface area contributed by atoms with Crippen LogP contribution >= 0.6 is 0 Å². The highest BCUT2D eigenvalue weighted by Crippen LogP contribution is 2.37. The van der Waals surface area contributed by atoms with Crippen molar-refractivity contribution in [3.63, 3.8) is 0 Å². The smallest absolute Gasteiger partial charge is 0.338 e. The molecule has 0 atom stereocenters. The summed E-state index contributed by atoms with van der Waals surface area (Å²) in [7, 11) is 1.24. The molecule has 9 heteroatoms. The summed E-state index contributed by atoms with van der Waals surface area (Å²) < 4.78 is 65.8. The average molecular weight is 421 g/mol. The number of hydrogen-bond donors (Lipinski definition) is 0. The highest BCUT2D eigenvalue weighted by atomic mass is 19.2. The van der Waals surface area contributed by atoms with Gasteiger partial charge in [0.05, 0.1) is 23.6 Å². The molecular formula is C21H15F4NO4. The summed E-state index contributed by atoms with van der Waals surface area (Å²) >= 11 is 0. The Kier molecular flexibility index (Phi) is 4.76. The lowest BCUT2D eigenvalue weighted by molar-refractivity contribution is 0.0599. The van der Waals surface area contributed by atoms with Crippen molar-refractivity contribution in [2.45, 2.75) is 19.8 Å². The number of nitrogens with zero attached hydrogens (tertiary/aromatic N) is 1. The minimum Gasteiger partial charge on any atom is -0.465 e. The van der Waals surface area contributed by atoms with Gasteiger partial charge in [-0.25, -0.2) is 18.0 Å². The second-order valence-corrected chi connectivity index (χ2v) is 6.85. The van der Waals surface area contributed by atoms with E-state index in [0.29, 0.717) is 24.1 Å². The zero-order valence-electron chi connectivity index (χ0n) is 15.9. The Morgan fingerprint density at radius 3 is 2.47 bits per heavy atom. The van der Waals surface area contributed by atoms with Gasteiger partial charge >= 0.3 is 5.97 Å². The fraction of sp³-hybridized carbons (Fsp3) is 0.238. The second kappa shape index (κ2) is 7.16. The first-order chi connectivity index (χ1) is 14.3. The van der Waals surface area contributed by atoms with Crippen LogP contribution in [0.3, 0.4) is 0 Å². The summed E-state index contributed by atoms with van der Waals surface area (Å²) in [5, 5.41) is -0.759. The van der Waals surface area contributed by atoms with Crippen LogP contribution in [0.2, 0.25) is 0 Å². The Labute approximate surface area is 167 Å². The van der Waals surface area contributed by atoms with E-state index in [9.17, 15) is 27.2 Å². The van der Waals surface area contributed by atoms with E-state index in [0.717, 1.165) is 0 Å². The first kappa shape index (κ1) is 19.9. The van der Waals surface area contributed by atoms with Gasteiger partial charge in [-0.2, -0.15) is 4.39 Å². The lowest BCUT2D eigenvalue weighted by Crippen LogP contribution is -2.36. The molecular weight excluding hydrogens is 406 g/mol. The molecule has 1 aromatic heterocycles. The predicted molar refractivity (Wildman–Crippen MR) is 98.6 cm³/mol. The largest absolute Gasteiger partial charge is 0.465 e. The number of carbonyl (C=O) groups is 2. The number of furan rings is 1. The molecule has 156 valence electrons. The van der Waals surface area contributed by atoms with E-state index in [4.69, 9.17) is 9.15 Å². The molecule has 0 saturated heterocycles. The van der Waals surface area contributed by atoms with E-state index in [2.05, 4.69) is 0 Å². The van der Waals surface area contributed by atoms with Crippen molar-refractivity contribution in [3.8, 4) is 0 Å². The van der Waals surface area contributed by atoms with Crippen LogP contribution in [0.4, 0.5) is 23.2 Å². The molecule has 30 heavy (non-hydrogen) atoms. The first-order valence-electron chi connectivity index (χ1n) is 9.05. The van der Waals surface area contributed by atoms with Gasteiger partial charge in [-0.05, 0) is 37.5 Å². The quantitative estimate of drug-likeness (QED) is 0.261. The van der Waals surface area contributed by atoms with E-state index in [1.54, 1.807) is 18.2 Å². The molecule has 2 aromatic carbocycles. The molecule has 2 heterocycles. The van der Waals surface area contributed by atoms with Gasteiger partial charge in [0.25, 0.3) is 5.91 Å². The maximum Gasteiger partial charge on any atom is 0.338 e. The normalized spacial score (nSPS) is 13.5. The van der Waals surface area contributed by atoms with Crippen molar-refractivity contribution in [3.05, 3.63) is 63.9 Å². The topological polar surface area (TPSA) is 59.8 Å². The van der Waals surface area contributed by atoms with Gasteiger partial charge < -0.3 is 14.1 Å². The summed E-state index contributed by atoms with van der Waals surface area (Å²) in [5.74, 6) is -8.99. The third-order valence-electron chi connectivity index (χ3n) is 5.20. The van der Waals surface area contributed by atoms with Crippen molar-refractivity contribution < 1.29 is 36.3 Å². The van der Waals surface area contributed by atoms with Crippen LogP contribution in [0.25, 0.3) is 11.0 Å². The van der Waals surface area contributed by atoms with Crippen molar-refractivity contribution in [1.29, 1.82) is 0 Å². The zero-order valence-corrected chi connectivity index (χ0v) is 15.9. The Morgan fingerprint density at radius 1 is 1.07 bits per heavy atom. The van der Waals surface area contributed by atoms with Crippen LogP contribution in [0.1, 0.15) is 38.5 Å². The highest BCUT2D eigenvalue weighted by molar-refractivity contribution is 6.15. The summed E-state index contributed by atoms with van der Waals surface area (Å²) in [4.78, 5) is 26.7. The molecule has 5 nitrogen and oxygen atoms in total. The lowest BCUT2D eigenvalue weighted by atomic mass is 9.95. The minimum atomic E-state index is -2.03. The van der Waals surface area contributed by atoms with Gasteiger partial charge in [-0.3, -0.25) is 4.79 Å². The highest BCUT2D eigenvalue weighted by Gasteiger charge is 2.34. The maximum absolute atomic E-state index is 14.5. The van der Waals surface area contributed by atoms with E-state index in [1.807, 2.05) is 0 Å². The SMILES string of the molecule is COC(=O)c1cccc2c1CCCN2C(=O)c1c(C)oc2c(F)c(F)c(F)c(F)c12. The summed E-state index contributed by atoms with van der Waals surface area (Å²) in [6.07, 6.45) is 0.986. The Bertz CT molecular complexity index is 1220. The van der Waals surface area contributed by atoms with Gasteiger partial charge in [0, 0.05) is 12.2 Å². The number of rotatable bonds is 2. The molecule has 1 amide bonds. The third kappa shape index (κ3) is 2.76. The molecule has 0 saturated carbocycles. The summed E-state index contributed by atoms with van der Waals surface area (Å²) in [6.45, 7) is 1.49. The van der Waals surface area contributed by atoms with Crippen LogP contribution in [0.15, 0.2) is 22.6 Å². The van der Waals surface area contributed by atoms with Gasteiger partial charge in [0.1, 0.15) is 5.76 Å². The van der Waals surface area contributed by atoms with Gasteiger partial charge in [-0.15, -0.1) is 0 Å². The summed E-state index contributed by atoms with van der Waals surface area (Å²) in [5.41, 5.74) is -0.0272. The maximum atomic E-state index is 14.5. The van der Waals surface area contributed by atoms with E-state index in [-0.39, 0.29) is 17.9 Å². The first-order valence-corrected chi connectivity index (χ1v) is 9.05. The molecule has 1 aliphatic rings. The third-order valence-corrected chi connectivity index (χ3v) is 5.20. The number of benzene rings is 2. The molecule has 0 N–H and O–H groups in total. The monoisotopic (exact) mass is 421 g/mol. The van der Waals surface area contributed by atoms with Crippen LogP contribution < -0.4 is 4.90 Å². The van der Waals surface area contributed by atoms with Gasteiger partial charge in [0.2, 0.25) is 11.6 Å². The fourth-order valence-electron chi connectivity index (χ4n) is 3.84. The Morgan fingerprint density at radius 2 is 1.77 bits per heavy atom. The van der Waals surface area contributed by atoms with E-state index in [1.165, 1.54) is 18.9 Å². The molecule has 0 unspecified atom stereocenters. The average Bonchev–Trinajstić information content (AvgIpc) is 3.11. The Hall–Kier alpha value is -3.36. The van der Waals surface area contributed by atoms with Gasteiger partial charge in [-0.1, -0.05) is 6.07 Å². The van der Waals surface area contributed by atoms with Crippen molar-refractivity contribution in [1.82, 2.24) is 0 Å². The molecule has 3 aromatic rings. The van der Waals surface area contributed by atoms with Crippen molar-refractivity contribution >= 4 is 28.5 Å². The second-order valence-electron chi connectivity index (χ2n) is 6.85. The summed E-state index contributed by atoms with van der Waals surface area (Å²) in [6, 6.07) is 4.73. The van der Waals surface area contributed by atoms with Crippen LogP contribution in [-0.2, 0) is 11.2 Å². The number of carbonyl (C=O) groups excluding carboxylic acids is 2. The molecule has 0 aliphatic carbocycles. The number of hydrogen-bond acceptors (Lipinski definition) is 4. The van der Waals surface area contributed by atoms with Crippen LogP contribution in [0, 0.1) is 30.2 Å². The van der Waals surface area contributed by atoms with Crippen LogP contribution in [0.5, 0.6) is 0 Å². The molecule has 0 radical (unpaired) electrons. The predicted octanol–water partition coefficient (Wildman–Crippen LogP) is 4.68. The molecule has 0 fully saturated rings. The molecule has 1 aliphatic heterocycles. The van der Waals surface area contributed by atoms with E-state index >= 15 is 0 Å². The molecule has 0 spiro atoms. The number of methoxy groups -OCH3 is 1. The lowest BCUT2D eigenvalue weighted by Gasteiger charge is -2.30. The number of amides is 1. The number of halogens is 4. The number of aryl methyl sites for hydroxylation is 1. The molecule has 4 rings (SSSR count). The number of fused-ring (bicyclic) bond motifs is 2. The number of esters is 1. The Balaban J connectivity index is 1.90. The standard InChI is InChI=1S/C21H15F4NO4/c1-9-13(14-15(22)16(23)17(24)18(25)19(14)30-9)20(27)26-8-4-6-10-11(21(28)29-2)5-3-7-12(10)26/h3,5,7H,4,6,8H2,1-2H3. The van der Waals surface area contributed by atoms with Crippen LogP contribution in [-0.4, -0.2) is 25.5 Å². The van der Waals surface area contributed by atoms with Crippen molar-refractivity contribution in [2.24, 2.45) is 0 Å².